The average molecular weight is 314 g/mol. The van der Waals surface area contributed by atoms with Crippen LogP contribution in [0.4, 0.5) is 0 Å². The van der Waals surface area contributed by atoms with E-state index in [1.165, 1.54) is 11.2 Å². The Balaban J connectivity index is 2.54. The number of imidazole rings is 1. The molecule has 0 spiro atoms. The van der Waals surface area contributed by atoms with Crippen LogP contribution < -0.4 is 0 Å². The van der Waals surface area contributed by atoms with Crippen LogP contribution >= 0.6 is 33.9 Å². The number of nitrogens with zero attached hydrogens (tertiary/aromatic N) is 2. The van der Waals surface area contributed by atoms with Crippen LogP contribution in [0.3, 0.4) is 0 Å². The van der Waals surface area contributed by atoms with Crippen molar-refractivity contribution in [2.45, 2.75) is 4.43 Å². The van der Waals surface area contributed by atoms with Gasteiger partial charge in [-0.25, -0.2) is 4.98 Å². The van der Waals surface area contributed by atoms with Crippen molar-refractivity contribution in [3.8, 4) is 0 Å². The van der Waals surface area contributed by atoms with Crippen LogP contribution in [0.2, 0.25) is 0 Å². The fourth-order valence-corrected chi connectivity index (χ4v) is 3.39. The predicted octanol–water partition coefficient (Wildman–Crippen LogP) is 3.48. The second kappa shape index (κ2) is 3.20. The van der Waals surface area contributed by atoms with Crippen LogP contribution in [0, 0.1) is 0 Å². The first-order valence-corrected chi connectivity index (χ1v) is 6.70. The molecule has 70 valence electrons. The van der Waals surface area contributed by atoms with E-state index >= 15 is 0 Å². The highest BCUT2D eigenvalue weighted by Gasteiger charge is 2.08. The molecule has 0 atom stereocenters. The number of thiazole rings is 1. The number of hydrogen-bond donors (Lipinski definition) is 0. The van der Waals surface area contributed by atoms with Gasteiger partial charge in [0.05, 0.1) is 11.0 Å². The first kappa shape index (κ1) is 8.67. The molecule has 2 heterocycles. The first-order valence-electron chi connectivity index (χ1n) is 4.29. The van der Waals surface area contributed by atoms with E-state index in [1.807, 2.05) is 6.07 Å². The smallest absolute Gasteiger partial charge is 0.194 e. The minimum absolute atomic E-state index is 1.03. The van der Waals surface area contributed by atoms with Gasteiger partial charge in [0.2, 0.25) is 0 Å². The van der Waals surface area contributed by atoms with Crippen LogP contribution in [0.1, 0.15) is 5.69 Å². The van der Waals surface area contributed by atoms with Crippen molar-refractivity contribution >= 4 is 49.9 Å². The van der Waals surface area contributed by atoms with Gasteiger partial charge in [-0.3, -0.25) is 4.40 Å². The summed E-state index contributed by atoms with van der Waals surface area (Å²) in [5, 5.41) is 2.18. The number of halogens is 1. The largest absolute Gasteiger partial charge is 0.286 e. The SMILES string of the molecule is ICc1csc2nc3ccccc3n12. The normalized spacial score (nSPS) is 11.5. The topological polar surface area (TPSA) is 17.3 Å². The van der Waals surface area contributed by atoms with Gasteiger partial charge in [0.25, 0.3) is 0 Å². The zero-order chi connectivity index (χ0) is 9.54. The van der Waals surface area contributed by atoms with Gasteiger partial charge in [0.15, 0.2) is 4.96 Å². The van der Waals surface area contributed by atoms with Gasteiger partial charge in [-0.1, -0.05) is 34.7 Å². The zero-order valence-corrected chi connectivity index (χ0v) is 10.2. The van der Waals surface area contributed by atoms with E-state index in [0.717, 1.165) is 14.9 Å². The molecule has 2 nitrogen and oxygen atoms in total. The Bertz CT molecular complexity index is 596. The lowest BCUT2D eigenvalue weighted by Crippen LogP contribution is -1.85. The lowest BCUT2D eigenvalue weighted by molar-refractivity contribution is 1.16. The van der Waals surface area contributed by atoms with Crippen LogP contribution in [-0.2, 0) is 4.43 Å². The number of fused-ring (bicyclic) bond motifs is 3. The number of rotatable bonds is 1. The summed E-state index contributed by atoms with van der Waals surface area (Å²) in [6.45, 7) is 0. The summed E-state index contributed by atoms with van der Waals surface area (Å²) in [5.74, 6) is 0. The van der Waals surface area contributed by atoms with Crippen molar-refractivity contribution in [3.63, 3.8) is 0 Å². The van der Waals surface area contributed by atoms with Gasteiger partial charge in [0.1, 0.15) is 0 Å². The van der Waals surface area contributed by atoms with Gasteiger partial charge >= 0.3 is 0 Å². The van der Waals surface area contributed by atoms with E-state index in [0.29, 0.717) is 0 Å². The summed E-state index contributed by atoms with van der Waals surface area (Å²) in [5.41, 5.74) is 3.64. The van der Waals surface area contributed by atoms with Gasteiger partial charge in [-0.2, -0.15) is 0 Å². The Labute approximate surface area is 98.7 Å². The third kappa shape index (κ3) is 1.10. The number of benzene rings is 1. The standard InChI is InChI=1S/C10H7IN2S/c11-5-7-6-14-10-12-8-3-1-2-4-9(8)13(7)10/h1-4,6H,5H2. The minimum Gasteiger partial charge on any atom is -0.286 e. The Morgan fingerprint density at radius 2 is 2.21 bits per heavy atom. The van der Waals surface area contributed by atoms with Crippen LogP contribution in [0.15, 0.2) is 29.6 Å². The average Bonchev–Trinajstić information content (AvgIpc) is 2.75. The molecule has 0 amide bonds. The van der Waals surface area contributed by atoms with Crippen LogP contribution in [0.5, 0.6) is 0 Å². The molecule has 3 rings (SSSR count). The highest BCUT2D eigenvalue weighted by molar-refractivity contribution is 14.1. The molecule has 0 saturated carbocycles. The molecular formula is C10H7IN2S. The molecule has 0 unspecified atom stereocenters. The van der Waals surface area contributed by atoms with Crippen LogP contribution in [-0.4, -0.2) is 9.38 Å². The van der Waals surface area contributed by atoms with E-state index < -0.39 is 0 Å². The fourth-order valence-electron chi connectivity index (χ4n) is 1.63. The Morgan fingerprint density at radius 1 is 1.36 bits per heavy atom. The van der Waals surface area contributed by atoms with E-state index in [2.05, 4.69) is 55.6 Å². The second-order valence-corrected chi connectivity index (χ2v) is 4.68. The maximum Gasteiger partial charge on any atom is 0.194 e. The molecule has 0 fully saturated rings. The summed E-state index contributed by atoms with van der Waals surface area (Å²) >= 11 is 4.10. The molecule has 3 aromatic rings. The van der Waals surface area contributed by atoms with Crippen molar-refractivity contribution in [1.82, 2.24) is 9.38 Å². The molecule has 0 radical (unpaired) electrons. The summed E-state index contributed by atoms with van der Waals surface area (Å²) in [6.07, 6.45) is 0. The molecule has 0 bridgehead atoms. The second-order valence-electron chi connectivity index (χ2n) is 3.08. The van der Waals surface area contributed by atoms with Gasteiger partial charge in [-0.05, 0) is 12.1 Å². The lowest BCUT2D eigenvalue weighted by atomic mass is 10.3. The van der Waals surface area contributed by atoms with E-state index in [-0.39, 0.29) is 0 Å². The third-order valence-electron chi connectivity index (χ3n) is 2.25. The summed E-state index contributed by atoms with van der Waals surface area (Å²) < 4.78 is 3.27. The summed E-state index contributed by atoms with van der Waals surface area (Å²) in [7, 11) is 0. The molecule has 0 aliphatic heterocycles. The quantitative estimate of drug-likeness (QED) is 0.496. The number of hydrogen-bond acceptors (Lipinski definition) is 2. The fraction of sp³-hybridized carbons (Fsp3) is 0.100. The summed E-state index contributed by atoms with van der Waals surface area (Å²) in [6, 6.07) is 8.28. The summed E-state index contributed by atoms with van der Waals surface area (Å²) in [4.78, 5) is 5.66. The van der Waals surface area contributed by atoms with E-state index in [4.69, 9.17) is 0 Å². The minimum atomic E-state index is 1.03. The van der Waals surface area contributed by atoms with Gasteiger partial charge < -0.3 is 0 Å². The molecule has 2 aromatic heterocycles. The molecule has 1 aromatic carbocycles. The van der Waals surface area contributed by atoms with Crippen molar-refractivity contribution in [1.29, 1.82) is 0 Å². The Kier molecular flexibility index (Phi) is 1.98. The van der Waals surface area contributed by atoms with E-state index in [9.17, 15) is 0 Å². The zero-order valence-electron chi connectivity index (χ0n) is 7.27. The van der Waals surface area contributed by atoms with Crippen LogP contribution in [0.25, 0.3) is 16.0 Å². The molecule has 0 saturated heterocycles. The number of alkyl halides is 1. The van der Waals surface area contributed by atoms with Crippen molar-refractivity contribution < 1.29 is 0 Å². The van der Waals surface area contributed by atoms with E-state index in [1.54, 1.807) is 11.3 Å². The maximum absolute atomic E-state index is 4.56. The number of aromatic nitrogens is 2. The Morgan fingerprint density at radius 3 is 3.07 bits per heavy atom. The van der Waals surface area contributed by atoms with Crippen molar-refractivity contribution in [2.24, 2.45) is 0 Å². The molecule has 4 heteroatoms. The monoisotopic (exact) mass is 314 g/mol. The molecule has 0 N–H and O–H groups in total. The van der Waals surface area contributed by atoms with Gasteiger partial charge in [-0.15, -0.1) is 11.3 Å². The van der Waals surface area contributed by atoms with Crippen molar-refractivity contribution in [2.75, 3.05) is 0 Å². The van der Waals surface area contributed by atoms with Crippen molar-refractivity contribution in [3.05, 3.63) is 35.3 Å². The predicted molar refractivity (Wildman–Crippen MR) is 68.3 cm³/mol. The molecule has 14 heavy (non-hydrogen) atoms. The number of para-hydroxylation sites is 2. The highest BCUT2D eigenvalue weighted by atomic mass is 127. The first-order chi connectivity index (χ1) is 6.90. The molecule has 0 aliphatic carbocycles. The Hall–Kier alpha value is -0.620. The molecule has 0 aliphatic rings. The lowest BCUT2D eigenvalue weighted by Gasteiger charge is -1.94. The van der Waals surface area contributed by atoms with Gasteiger partial charge in [0, 0.05) is 15.5 Å². The molecular weight excluding hydrogens is 307 g/mol. The highest BCUT2D eigenvalue weighted by Crippen LogP contribution is 2.24. The third-order valence-corrected chi connectivity index (χ3v) is 3.91. The maximum atomic E-state index is 4.56.